The van der Waals surface area contributed by atoms with Crippen molar-refractivity contribution >= 4 is 65.1 Å². The van der Waals surface area contributed by atoms with Gasteiger partial charge in [0.1, 0.15) is 17.5 Å². The predicted molar refractivity (Wildman–Crippen MR) is 133 cm³/mol. The summed E-state index contributed by atoms with van der Waals surface area (Å²) in [5, 5.41) is 18.5. The molecule has 4 N–H and O–H groups in total. The van der Waals surface area contributed by atoms with Gasteiger partial charge in [0.15, 0.2) is 0 Å². The number of nitrogens with one attached hydrogen (secondary N) is 3. The maximum Gasteiger partial charge on any atom is 0.352 e. The molecule has 16 heteroatoms. The van der Waals surface area contributed by atoms with E-state index in [0.717, 1.165) is 28.0 Å². The molecule has 3 aliphatic rings. The first-order chi connectivity index (χ1) is 17.9. The number of piperazine rings is 1. The van der Waals surface area contributed by atoms with Crippen LogP contribution in [0, 0.1) is 0 Å². The molecule has 1 unspecified atom stereocenters. The van der Waals surface area contributed by atoms with Crippen LogP contribution in [0.25, 0.3) is 0 Å². The number of thiophene rings is 1. The highest BCUT2D eigenvalue weighted by Gasteiger charge is 2.74. The van der Waals surface area contributed by atoms with Gasteiger partial charge in [-0.1, -0.05) is 6.07 Å². The average Bonchev–Trinajstić information content (AvgIpc) is 3.46. The van der Waals surface area contributed by atoms with Crippen molar-refractivity contribution in [2.45, 2.75) is 48.6 Å². The van der Waals surface area contributed by atoms with Crippen LogP contribution in [0.3, 0.4) is 0 Å². The first-order valence-corrected chi connectivity index (χ1v) is 13.4. The van der Waals surface area contributed by atoms with Crippen molar-refractivity contribution < 1.29 is 38.7 Å². The van der Waals surface area contributed by atoms with Gasteiger partial charge < -0.3 is 26.0 Å². The van der Waals surface area contributed by atoms with Crippen molar-refractivity contribution in [2.24, 2.45) is 0 Å². The summed E-state index contributed by atoms with van der Waals surface area (Å²) in [7, 11) is 0. The Balaban J connectivity index is 1.62. The second kappa shape index (κ2) is 9.90. The van der Waals surface area contributed by atoms with Crippen LogP contribution in [0.1, 0.15) is 31.7 Å². The Morgan fingerprint density at radius 2 is 1.92 bits per heavy atom. The Morgan fingerprint density at radius 1 is 1.21 bits per heavy atom. The van der Waals surface area contributed by atoms with Crippen molar-refractivity contribution in [2.75, 3.05) is 19.6 Å². The lowest BCUT2D eigenvalue weighted by molar-refractivity contribution is -0.176. The predicted octanol–water partition coefficient (Wildman–Crippen LogP) is -1.11. The molecule has 3 aliphatic heterocycles. The molecule has 0 aromatic carbocycles. The van der Waals surface area contributed by atoms with Crippen LogP contribution < -0.4 is 16.0 Å². The molecule has 3 saturated heterocycles. The quantitative estimate of drug-likeness (QED) is 0.172. The van der Waals surface area contributed by atoms with Gasteiger partial charge in [-0.15, -0.1) is 23.1 Å². The minimum atomic E-state index is -2.21. The van der Waals surface area contributed by atoms with Gasteiger partial charge in [0.2, 0.25) is 18.0 Å². The lowest BCUT2D eigenvalue weighted by Gasteiger charge is -2.49. The van der Waals surface area contributed by atoms with Crippen molar-refractivity contribution in [1.29, 1.82) is 0 Å². The number of imide groups is 1. The summed E-state index contributed by atoms with van der Waals surface area (Å²) in [6, 6.07) is -0.223. The molecule has 4 heterocycles. The highest BCUT2D eigenvalue weighted by atomic mass is 32.2. The standard InChI is InChI=1S/C22H26N6O8S2/c1-4-26-7-8-27(17(33)16(26)32)20(36)24-12(11-6-5-9-37-11)14(30)25-22(19(34)35)21(2,3)38-18-13(23-10-29)15(31)28(18)22/h5-6,9-10,12-13,18H,4,7-8H2,1-3H3,(H,23,29)(H,24,36)(H,25,30)(H,34,35)/t12?,13-,18+,22-/m0/s1. The van der Waals surface area contributed by atoms with E-state index in [4.69, 9.17) is 0 Å². The van der Waals surface area contributed by atoms with Gasteiger partial charge in [-0.2, -0.15) is 0 Å². The summed E-state index contributed by atoms with van der Waals surface area (Å²) >= 11 is 2.21. The minimum Gasteiger partial charge on any atom is -0.478 e. The van der Waals surface area contributed by atoms with E-state index in [2.05, 4.69) is 16.0 Å². The molecule has 0 bridgehead atoms. The number of carbonyl (C=O) groups excluding carboxylic acids is 6. The highest BCUT2D eigenvalue weighted by molar-refractivity contribution is 8.01. The van der Waals surface area contributed by atoms with Crippen molar-refractivity contribution in [1.82, 2.24) is 30.7 Å². The third-order valence-electron chi connectivity index (χ3n) is 6.85. The molecule has 1 aromatic rings. The molecule has 0 radical (unpaired) electrons. The fourth-order valence-corrected chi connectivity index (χ4v) is 7.30. The average molecular weight is 567 g/mol. The smallest absolute Gasteiger partial charge is 0.352 e. The molecule has 0 spiro atoms. The molecule has 3 fully saturated rings. The lowest BCUT2D eigenvalue weighted by atomic mass is 9.88. The normalized spacial score (nSPS) is 26.8. The van der Waals surface area contributed by atoms with Gasteiger partial charge >= 0.3 is 23.8 Å². The third-order valence-corrected chi connectivity index (χ3v) is 9.39. The SMILES string of the molecule is CCN1CCN(C(=O)NC(C(=O)N[C@@]2(C(=O)O)N3C(=O)[C@H](NC=O)[C@H]3SC2(C)C)c2cccs2)C(=O)C1=O. The first-order valence-electron chi connectivity index (χ1n) is 11.6. The van der Waals surface area contributed by atoms with Crippen LogP contribution in [-0.4, -0.2) is 103 Å². The second-order valence-corrected chi connectivity index (χ2v) is 12.0. The fourth-order valence-electron chi connectivity index (χ4n) is 4.81. The van der Waals surface area contributed by atoms with E-state index in [9.17, 15) is 38.7 Å². The lowest BCUT2D eigenvalue weighted by Crippen LogP contribution is -2.80. The van der Waals surface area contributed by atoms with Crippen molar-refractivity contribution in [3.05, 3.63) is 22.4 Å². The van der Waals surface area contributed by atoms with Crippen molar-refractivity contribution in [3.8, 4) is 0 Å². The minimum absolute atomic E-state index is 0.0825. The number of aliphatic carboxylic acids is 1. The Bertz CT molecular complexity index is 1210. The first kappa shape index (κ1) is 27.4. The van der Waals surface area contributed by atoms with E-state index in [1.165, 1.54) is 4.90 Å². The summed E-state index contributed by atoms with van der Waals surface area (Å²) < 4.78 is -1.25. The number of thioether (sulfide) groups is 1. The topological polar surface area (TPSA) is 186 Å². The molecular formula is C22H26N6O8S2. The third kappa shape index (κ3) is 4.07. The van der Waals surface area contributed by atoms with Crippen molar-refractivity contribution in [3.63, 3.8) is 0 Å². The Kier molecular flexibility index (Phi) is 7.13. The molecular weight excluding hydrogens is 540 g/mol. The van der Waals surface area contributed by atoms with E-state index >= 15 is 0 Å². The highest BCUT2D eigenvalue weighted by Crippen LogP contribution is 2.55. The van der Waals surface area contributed by atoms with E-state index in [0.29, 0.717) is 22.7 Å². The van der Waals surface area contributed by atoms with Gasteiger partial charge in [0, 0.05) is 24.5 Å². The molecule has 4 rings (SSSR count). The number of β-lactam (4-membered cyclic amide) rings is 1. The largest absolute Gasteiger partial charge is 0.478 e. The van der Waals surface area contributed by atoms with E-state index < -0.39 is 63.5 Å². The maximum atomic E-state index is 13.7. The zero-order valence-corrected chi connectivity index (χ0v) is 22.3. The van der Waals surface area contributed by atoms with Gasteiger partial charge in [0.25, 0.3) is 5.91 Å². The molecule has 7 amide bonds. The van der Waals surface area contributed by atoms with E-state index in [-0.39, 0.29) is 13.1 Å². The van der Waals surface area contributed by atoms with Crippen LogP contribution >= 0.6 is 23.1 Å². The summed E-state index contributed by atoms with van der Waals surface area (Å²) in [6.07, 6.45) is 0.349. The van der Waals surface area contributed by atoms with Gasteiger partial charge in [-0.25, -0.2) is 9.59 Å². The summed E-state index contributed by atoms with van der Waals surface area (Å²) in [4.78, 5) is 91.3. The number of rotatable bonds is 8. The van der Waals surface area contributed by atoms with E-state index in [1.807, 2.05) is 0 Å². The van der Waals surface area contributed by atoms with Crippen LogP contribution in [0.15, 0.2) is 17.5 Å². The monoisotopic (exact) mass is 566 g/mol. The molecule has 38 heavy (non-hydrogen) atoms. The Morgan fingerprint density at radius 3 is 2.50 bits per heavy atom. The van der Waals surface area contributed by atoms with Gasteiger partial charge in [-0.3, -0.25) is 33.8 Å². The van der Waals surface area contributed by atoms with Gasteiger partial charge in [-0.05, 0) is 32.2 Å². The maximum absolute atomic E-state index is 13.7. The zero-order chi connectivity index (χ0) is 28.0. The van der Waals surface area contributed by atoms with Crippen LogP contribution in [0.5, 0.6) is 0 Å². The number of nitrogens with zero attached hydrogens (tertiary/aromatic N) is 3. The second-order valence-electron chi connectivity index (χ2n) is 9.23. The van der Waals surface area contributed by atoms with Gasteiger partial charge in [0.05, 0.1) is 4.75 Å². The summed E-state index contributed by atoms with van der Waals surface area (Å²) in [5.74, 6) is -5.02. The molecule has 0 saturated carbocycles. The number of hydrogen-bond acceptors (Lipinski definition) is 9. The van der Waals surface area contributed by atoms with Crippen LogP contribution in [-0.2, 0) is 28.8 Å². The van der Waals surface area contributed by atoms with E-state index in [1.54, 1.807) is 38.3 Å². The zero-order valence-electron chi connectivity index (χ0n) is 20.6. The number of hydrogen-bond donors (Lipinski definition) is 4. The summed E-state index contributed by atoms with van der Waals surface area (Å²) in [6.45, 7) is 5.14. The number of fused-ring (bicyclic) bond motifs is 1. The molecule has 0 aliphatic carbocycles. The molecule has 14 nitrogen and oxygen atoms in total. The number of urea groups is 1. The Hall–Kier alpha value is -3.66. The Labute approximate surface area is 225 Å². The number of carboxylic acid groups (broad SMARTS) is 1. The van der Waals surface area contributed by atoms with Crippen LogP contribution in [0.4, 0.5) is 4.79 Å². The molecule has 1 aromatic heterocycles. The number of carboxylic acids is 1. The summed E-state index contributed by atoms with van der Waals surface area (Å²) in [5.41, 5.74) is -2.21. The molecule has 4 atom stereocenters. The number of carbonyl (C=O) groups is 7. The fraction of sp³-hybridized carbons (Fsp3) is 0.500. The van der Waals surface area contributed by atoms with Crippen LogP contribution in [0.2, 0.25) is 0 Å². The number of amides is 7. The number of likely N-dealkylation sites (N-methyl/N-ethyl adjacent to an activating group) is 1. The molecule has 204 valence electrons.